The van der Waals surface area contributed by atoms with Crippen LogP contribution in [0.5, 0.6) is 0 Å². The molecule has 0 aliphatic rings. The van der Waals surface area contributed by atoms with Crippen molar-refractivity contribution in [3.05, 3.63) is 35.4 Å². The molecular weight excluding hydrogens is 314 g/mol. The van der Waals surface area contributed by atoms with Gasteiger partial charge in [0.15, 0.2) is 27.3 Å². The van der Waals surface area contributed by atoms with Crippen molar-refractivity contribution < 1.29 is 30.4 Å². The molecule has 1 aromatic carbocycles. The molecule has 0 bridgehead atoms. The van der Waals surface area contributed by atoms with Crippen molar-refractivity contribution in [2.24, 2.45) is 0 Å². The van der Waals surface area contributed by atoms with Crippen LogP contribution in [0.15, 0.2) is 18.2 Å². The molecule has 9 heteroatoms. The molecule has 1 aromatic rings. The predicted molar refractivity (Wildman–Crippen MR) is 69.1 cm³/mol. The van der Waals surface area contributed by atoms with E-state index < -0.39 is 54.4 Å². The highest BCUT2D eigenvalue weighted by atomic mass is 32.2. The van der Waals surface area contributed by atoms with E-state index in [0.29, 0.717) is 12.1 Å². The van der Waals surface area contributed by atoms with Crippen LogP contribution in [0.2, 0.25) is 0 Å². The number of rotatable bonds is 6. The van der Waals surface area contributed by atoms with Gasteiger partial charge in [-0.15, -0.1) is 0 Å². The number of sulfone groups is 2. The lowest BCUT2D eigenvalue weighted by Gasteiger charge is -2.04. The van der Waals surface area contributed by atoms with Gasteiger partial charge in [-0.2, -0.15) is 0 Å². The number of benzene rings is 1. The Morgan fingerprint density at radius 2 is 1.65 bits per heavy atom. The van der Waals surface area contributed by atoms with Crippen LogP contribution in [0.25, 0.3) is 0 Å². The molecule has 0 N–H and O–H groups in total. The first kappa shape index (κ1) is 16.7. The molecule has 1 rings (SSSR count). The van der Waals surface area contributed by atoms with Gasteiger partial charge in [0.05, 0.1) is 11.5 Å². The largest absolute Gasteiger partial charge is 0.293 e. The lowest BCUT2D eigenvalue weighted by Crippen LogP contribution is -2.23. The van der Waals surface area contributed by atoms with Gasteiger partial charge in [0.25, 0.3) is 0 Å². The van der Waals surface area contributed by atoms with Gasteiger partial charge in [0, 0.05) is 11.8 Å². The van der Waals surface area contributed by atoms with E-state index in [1.54, 1.807) is 0 Å². The Bertz CT molecular complexity index is 723. The molecule has 0 fully saturated rings. The van der Waals surface area contributed by atoms with Crippen LogP contribution < -0.4 is 0 Å². The third-order valence-corrected chi connectivity index (χ3v) is 5.09. The van der Waals surface area contributed by atoms with Gasteiger partial charge in [0.2, 0.25) is 0 Å². The second kappa shape index (κ2) is 5.96. The van der Waals surface area contributed by atoms with Crippen molar-refractivity contribution in [3.8, 4) is 0 Å². The zero-order chi connectivity index (χ0) is 15.6. The van der Waals surface area contributed by atoms with E-state index in [4.69, 9.17) is 0 Å². The lowest BCUT2D eigenvalue weighted by molar-refractivity contribution is 0.102. The quantitative estimate of drug-likeness (QED) is 0.715. The number of carbonyl (C=O) groups excluding carboxylic acids is 1. The van der Waals surface area contributed by atoms with Crippen molar-refractivity contribution in [1.82, 2.24) is 0 Å². The number of hydrogen-bond donors (Lipinski definition) is 0. The van der Waals surface area contributed by atoms with Gasteiger partial charge in [-0.3, -0.25) is 4.79 Å². The summed E-state index contributed by atoms with van der Waals surface area (Å²) in [6.07, 6.45) is 0.875. The highest BCUT2D eigenvalue weighted by Crippen LogP contribution is 2.10. The molecule has 0 aromatic heterocycles. The summed E-state index contributed by atoms with van der Waals surface area (Å²) in [4.78, 5) is 11.6. The summed E-state index contributed by atoms with van der Waals surface area (Å²) < 4.78 is 70.5. The Morgan fingerprint density at radius 3 is 2.15 bits per heavy atom. The second-order valence-corrected chi connectivity index (χ2v) is 8.72. The molecule has 0 atom stereocenters. The fraction of sp³-hybridized carbons (Fsp3) is 0.364. The monoisotopic (exact) mass is 326 g/mol. The molecule has 0 aliphatic heterocycles. The molecule has 0 amide bonds. The smallest absolute Gasteiger partial charge is 0.177 e. The topological polar surface area (TPSA) is 85.3 Å². The fourth-order valence-corrected chi connectivity index (χ4v) is 4.24. The van der Waals surface area contributed by atoms with Gasteiger partial charge in [0.1, 0.15) is 15.6 Å². The molecule has 5 nitrogen and oxygen atoms in total. The summed E-state index contributed by atoms with van der Waals surface area (Å²) in [7, 11) is -7.40. The number of carbonyl (C=O) groups is 1. The van der Waals surface area contributed by atoms with Crippen LogP contribution >= 0.6 is 0 Å². The van der Waals surface area contributed by atoms with Crippen molar-refractivity contribution >= 4 is 25.5 Å². The van der Waals surface area contributed by atoms with Gasteiger partial charge in [-0.1, -0.05) is 0 Å². The Kier molecular flexibility index (Phi) is 4.98. The van der Waals surface area contributed by atoms with Crippen molar-refractivity contribution in [2.45, 2.75) is 0 Å². The Labute approximate surface area is 115 Å². The Balaban J connectivity index is 2.81. The highest BCUT2D eigenvalue weighted by Gasteiger charge is 2.20. The second-order valence-electron chi connectivity index (χ2n) is 4.27. The molecule has 0 unspecified atom stereocenters. The average molecular weight is 326 g/mol. The first-order valence-corrected chi connectivity index (χ1v) is 9.25. The summed E-state index contributed by atoms with van der Waals surface area (Å²) in [5.41, 5.74) is -0.285. The Morgan fingerprint density at radius 1 is 1.05 bits per heavy atom. The van der Waals surface area contributed by atoms with Crippen molar-refractivity contribution in [1.29, 1.82) is 0 Å². The standard InChI is InChI=1S/C11H12F2O5S2/c1-19(15,16)4-5-20(17,18)7-11(14)8-2-3-9(12)10(13)6-8/h2-3,6H,4-5,7H2,1H3. The van der Waals surface area contributed by atoms with E-state index in [0.717, 1.165) is 12.3 Å². The van der Waals surface area contributed by atoms with Gasteiger partial charge in [-0.25, -0.2) is 25.6 Å². The molecule has 0 aliphatic carbocycles. The first-order valence-electron chi connectivity index (χ1n) is 5.36. The third-order valence-electron chi connectivity index (χ3n) is 2.36. The number of Topliss-reactive ketones (excluding diaryl/α,β-unsaturated/α-hetero) is 1. The molecule has 0 saturated heterocycles. The number of halogens is 2. The van der Waals surface area contributed by atoms with Crippen LogP contribution in [0.4, 0.5) is 8.78 Å². The predicted octanol–water partition coefficient (Wildman–Crippen LogP) is 0.607. The van der Waals surface area contributed by atoms with Crippen molar-refractivity contribution in [2.75, 3.05) is 23.5 Å². The molecule has 0 radical (unpaired) electrons. The van der Waals surface area contributed by atoms with Crippen LogP contribution in [0, 0.1) is 11.6 Å². The zero-order valence-electron chi connectivity index (χ0n) is 10.5. The fourth-order valence-electron chi connectivity index (χ4n) is 1.30. The molecule has 112 valence electrons. The molecule has 20 heavy (non-hydrogen) atoms. The summed E-state index contributed by atoms with van der Waals surface area (Å²) in [5, 5.41) is 0. The third kappa shape index (κ3) is 5.33. The summed E-state index contributed by atoms with van der Waals surface area (Å²) in [5.74, 6) is -5.57. The minimum absolute atomic E-state index is 0.285. The maximum absolute atomic E-state index is 12.9. The summed E-state index contributed by atoms with van der Waals surface area (Å²) >= 11 is 0. The minimum Gasteiger partial charge on any atom is -0.293 e. The van der Waals surface area contributed by atoms with Crippen LogP contribution in [0.3, 0.4) is 0 Å². The number of ketones is 1. The van der Waals surface area contributed by atoms with E-state index in [9.17, 15) is 30.4 Å². The Hall–Kier alpha value is -1.35. The molecule has 0 saturated carbocycles. The van der Waals surface area contributed by atoms with Gasteiger partial charge in [-0.05, 0) is 18.2 Å². The maximum atomic E-state index is 12.9. The number of hydrogen-bond acceptors (Lipinski definition) is 5. The maximum Gasteiger partial charge on any atom is 0.177 e. The van der Waals surface area contributed by atoms with E-state index >= 15 is 0 Å². The SMILES string of the molecule is CS(=O)(=O)CCS(=O)(=O)CC(=O)c1ccc(F)c(F)c1. The van der Waals surface area contributed by atoms with Gasteiger partial charge >= 0.3 is 0 Å². The van der Waals surface area contributed by atoms with E-state index in [1.807, 2.05) is 0 Å². The van der Waals surface area contributed by atoms with Crippen LogP contribution in [-0.4, -0.2) is 46.1 Å². The average Bonchev–Trinajstić information content (AvgIpc) is 2.29. The van der Waals surface area contributed by atoms with E-state index in [1.165, 1.54) is 0 Å². The van der Waals surface area contributed by atoms with Crippen molar-refractivity contribution in [3.63, 3.8) is 0 Å². The molecular formula is C11H12F2O5S2. The lowest BCUT2D eigenvalue weighted by atomic mass is 10.1. The summed E-state index contributed by atoms with van der Waals surface area (Å²) in [6.45, 7) is 0. The minimum atomic E-state index is -3.93. The van der Waals surface area contributed by atoms with Crippen LogP contribution in [-0.2, 0) is 19.7 Å². The summed E-state index contributed by atoms with van der Waals surface area (Å²) in [6, 6.07) is 2.28. The van der Waals surface area contributed by atoms with Crippen LogP contribution in [0.1, 0.15) is 10.4 Å². The normalized spacial score (nSPS) is 12.3. The van der Waals surface area contributed by atoms with E-state index in [-0.39, 0.29) is 5.56 Å². The van der Waals surface area contributed by atoms with E-state index in [2.05, 4.69) is 0 Å². The zero-order valence-corrected chi connectivity index (χ0v) is 12.1. The first-order chi connectivity index (χ1) is 9.00. The molecule has 0 spiro atoms. The molecule has 0 heterocycles. The highest BCUT2D eigenvalue weighted by molar-refractivity contribution is 7.95. The van der Waals surface area contributed by atoms with Gasteiger partial charge < -0.3 is 0 Å².